The summed E-state index contributed by atoms with van der Waals surface area (Å²) in [5.74, 6) is 1.93. The van der Waals surface area contributed by atoms with Gasteiger partial charge < -0.3 is 38.8 Å². The van der Waals surface area contributed by atoms with Gasteiger partial charge in [-0.1, -0.05) is 68.4 Å². The lowest BCUT2D eigenvalue weighted by Gasteiger charge is -2.39. The number of phenols is 1. The summed E-state index contributed by atoms with van der Waals surface area (Å²) in [6.45, 7) is 18.5. The van der Waals surface area contributed by atoms with Crippen LogP contribution in [0.1, 0.15) is 123 Å². The molecule has 3 fully saturated rings. The fourth-order valence-corrected chi connectivity index (χ4v) is 7.73. The van der Waals surface area contributed by atoms with Crippen LogP contribution in [0.3, 0.4) is 0 Å². The molecule has 11 nitrogen and oxygen atoms in total. The van der Waals surface area contributed by atoms with Gasteiger partial charge in [-0.3, -0.25) is 0 Å². The van der Waals surface area contributed by atoms with Gasteiger partial charge >= 0.3 is 18.3 Å². The van der Waals surface area contributed by atoms with Gasteiger partial charge in [0.2, 0.25) is 0 Å². The zero-order chi connectivity index (χ0) is 42.0. The molecule has 1 N–H and O–H groups in total. The molecule has 0 saturated carbocycles. The summed E-state index contributed by atoms with van der Waals surface area (Å²) in [6.07, 6.45) is 4.62. The van der Waals surface area contributed by atoms with Crippen molar-refractivity contribution in [3.05, 3.63) is 95.6 Å². The third-order valence-corrected chi connectivity index (χ3v) is 10.6. The number of nitrogens with zero attached hydrogens (tertiary/aromatic N) is 3. The Labute approximate surface area is 345 Å². The van der Waals surface area contributed by atoms with Crippen LogP contribution in [-0.4, -0.2) is 81.6 Å². The molecule has 6 rings (SSSR count). The number of aromatic hydroxyl groups is 1. The van der Waals surface area contributed by atoms with Gasteiger partial charge in [-0.2, -0.15) is 0 Å². The maximum atomic E-state index is 13.0. The first-order valence-corrected chi connectivity index (χ1v) is 20.9. The Kier molecular flexibility index (Phi) is 15.0. The van der Waals surface area contributed by atoms with Gasteiger partial charge in [0.1, 0.15) is 35.4 Å². The number of carbonyl (C=O) groups excluding carboxylic acids is 3. The average Bonchev–Trinajstić information content (AvgIpc) is 3.16. The molecule has 3 aromatic rings. The van der Waals surface area contributed by atoms with Crippen molar-refractivity contribution in [2.45, 2.75) is 130 Å². The van der Waals surface area contributed by atoms with Crippen LogP contribution in [-0.2, 0) is 20.8 Å². The molecule has 316 valence electrons. The van der Waals surface area contributed by atoms with Crippen molar-refractivity contribution in [2.24, 2.45) is 11.8 Å². The number of phenolic OH excluding ortho intramolecular Hbond substituents is 1. The summed E-state index contributed by atoms with van der Waals surface area (Å²) in [4.78, 5) is 43.4. The number of hydrogen-bond acceptors (Lipinski definition) is 8. The van der Waals surface area contributed by atoms with Crippen LogP contribution >= 0.6 is 0 Å². The van der Waals surface area contributed by atoms with Gasteiger partial charge in [0, 0.05) is 39.0 Å². The maximum Gasteiger partial charge on any atom is 0.410 e. The van der Waals surface area contributed by atoms with E-state index >= 15 is 0 Å². The predicted molar refractivity (Wildman–Crippen MR) is 225 cm³/mol. The summed E-state index contributed by atoms with van der Waals surface area (Å²) >= 11 is 0. The number of amides is 3. The zero-order valence-electron chi connectivity index (χ0n) is 35.8. The molecule has 4 atom stereocenters. The first kappa shape index (κ1) is 44.2. The fourth-order valence-electron chi connectivity index (χ4n) is 7.73. The van der Waals surface area contributed by atoms with Crippen LogP contribution < -0.4 is 4.74 Å². The number of rotatable bonds is 6. The van der Waals surface area contributed by atoms with Crippen LogP contribution in [0.25, 0.3) is 0 Å². The average molecular weight is 800 g/mol. The molecule has 0 bridgehead atoms. The highest BCUT2D eigenvalue weighted by molar-refractivity contribution is 5.70. The number of carbonyl (C=O) groups is 3. The normalized spacial score (nSPS) is 21.6. The number of piperidine rings is 3. The second-order valence-electron chi connectivity index (χ2n) is 18.2. The van der Waals surface area contributed by atoms with E-state index in [0.29, 0.717) is 38.0 Å². The van der Waals surface area contributed by atoms with Crippen molar-refractivity contribution in [2.75, 3.05) is 26.2 Å². The molecule has 0 radical (unpaired) electrons. The lowest BCUT2D eigenvalue weighted by atomic mass is 9.90. The minimum absolute atomic E-state index is 0.0249. The minimum Gasteiger partial charge on any atom is -0.508 e. The lowest BCUT2D eigenvalue weighted by Crippen LogP contribution is -2.44. The Hall–Kier alpha value is -4.93. The smallest absolute Gasteiger partial charge is 0.410 e. The molecule has 3 heterocycles. The van der Waals surface area contributed by atoms with E-state index < -0.39 is 11.2 Å². The van der Waals surface area contributed by atoms with Crippen LogP contribution in [0.5, 0.6) is 11.5 Å². The molecule has 3 amide bonds. The summed E-state index contributed by atoms with van der Waals surface area (Å²) in [6, 6.07) is 24.9. The van der Waals surface area contributed by atoms with Gasteiger partial charge in [-0.15, -0.1) is 0 Å². The fraction of sp³-hybridized carbons (Fsp3) is 0.553. The van der Waals surface area contributed by atoms with Crippen molar-refractivity contribution in [3.63, 3.8) is 0 Å². The molecule has 0 unspecified atom stereocenters. The standard InChI is InChI=1S/C30H40N2O5.C17H25NO3/c1-22-13-14-27(32(20-22)29(34)37-30(2,3)4)24-11-8-12-26(19-24)36-25-15-17-31(18-16-25)28(33)35-21-23-9-6-5-7-10-23;1-12-8-9-15(13-6-5-7-14(19)10-13)18(11-12)16(20)21-17(2,3)4/h5-12,19,22,25,27H,13-18,20-21H2,1-4H3;5-7,10,12,15,19H,8-9,11H2,1-4H3/t22-,27+;12-,15+/m00/s1. The van der Waals surface area contributed by atoms with Crippen molar-refractivity contribution in [1.29, 1.82) is 0 Å². The third kappa shape index (κ3) is 13.3. The van der Waals surface area contributed by atoms with E-state index in [-0.39, 0.29) is 48.8 Å². The molecule has 58 heavy (non-hydrogen) atoms. The first-order valence-electron chi connectivity index (χ1n) is 20.9. The number of benzene rings is 3. The van der Waals surface area contributed by atoms with Crippen LogP contribution in [0, 0.1) is 11.8 Å². The van der Waals surface area contributed by atoms with E-state index in [1.165, 1.54) is 0 Å². The Morgan fingerprint density at radius 1 is 0.638 bits per heavy atom. The first-order chi connectivity index (χ1) is 27.4. The van der Waals surface area contributed by atoms with Gasteiger partial charge in [0.25, 0.3) is 0 Å². The minimum atomic E-state index is -0.532. The van der Waals surface area contributed by atoms with E-state index in [1.54, 1.807) is 21.9 Å². The third-order valence-electron chi connectivity index (χ3n) is 10.6. The summed E-state index contributed by atoms with van der Waals surface area (Å²) in [5.41, 5.74) is 1.98. The Balaban J connectivity index is 0.000000258. The van der Waals surface area contributed by atoms with Gasteiger partial charge in [-0.25, -0.2) is 14.4 Å². The van der Waals surface area contributed by atoms with E-state index in [0.717, 1.165) is 61.0 Å². The molecule has 3 aromatic carbocycles. The van der Waals surface area contributed by atoms with E-state index in [1.807, 2.05) is 101 Å². The molecule has 3 aliphatic heterocycles. The largest absolute Gasteiger partial charge is 0.508 e. The van der Waals surface area contributed by atoms with E-state index in [9.17, 15) is 19.5 Å². The zero-order valence-corrected chi connectivity index (χ0v) is 35.8. The van der Waals surface area contributed by atoms with Crippen LogP contribution in [0.2, 0.25) is 0 Å². The van der Waals surface area contributed by atoms with Crippen molar-refractivity contribution in [3.8, 4) is 11.5 Å². The molecule has 0 aromatic heterocycles. The Morgan fingerprint density at radius 2 is 1.16 bits per heavy atom. The van der Waals surface area contributed by atoms with E-state index in [4.69, 9.17) is 18.9 Å². The summed E-state index contributed by atoms with van der Waals surface area (Å²) in [5, 5.41) is 9.67. The van der Waals surface area contributed by atoms with Gasteiger partial charge in [0.05, 0.1) is 12.1 Å². The highest BCUT2D eigenvalue weighted by Crippen LogP contribution is 2.37. The highest BCUT2D eigenvalue weighted by Gasteiger charge is 2.36. The molecular formula is C47H65N3O8. The second-order valence-corrected chi connectivity index (χ2v) is 18.2. The monoisotopic (exact) mass is 799 g/mol. The molecule has 0 aliphatic carbocycles. The summed E-state index contributed by atoms with van der Waals surface area (Å²) < 4.78 is 23.0. The van der Waals surface area contributed by atoms with Crippen LogP contribution in [0.15, 0.2) is 78.9 Å². The Morgan fingerprint density at radius 3 is 1.67 bits per heavy atom. The quantitative estimate of drug-likeness (QED) is 0.245. The molecule has 3 saturated heterocycles. The molecule has 0 spiro atoms. The molecule has 11 heteroatoms. The Bertz CT molecular complexity index is 1800. The molecular weight excluding hydrogens is 735 g/mol. The molecule has 3 aliphatic rings. The van der Waals surface area contributed by atoms with Crippen molar-refractivity contribution < 1.29 is 38.4 Å². The van der Waals surface area contributed by atoms with Crippen molar-refractivity contribution in [1.82, 2.24) is 14.7 Å². The van der Waals surface area contributed by atoms with Gasteiger partial charge in [-0.05, 0) is 120 Å². The van der Waals surface area contributed by atoms with Crippen LogP contribution in [0.4, 0.5) is 14.4 Å². The topological polar surface area (TPSA) is 118 Å². The predicted octanol–water partition coefficient (Wildman–Crippen LogP) is 10.7. The number of hydrogen-bond donors (Lipinski definition) is 1. The maximum absolute atomic E-state index is 13.0. The number of ether oxygens (including phenoxy) is 4. The van der Waals surface area contributed by atoms with Crippen molar-refractivity contribution >= 4 is 18.3 Å². The highest BCUT2D eigenvalue weighted by atomic mass is 16.6. The van der Waals surface area contributed by atoms with Gasteiger partial charge in [0.15, 0.2) is 0 Å². The lowest BCUT2D eigenvalue weighted by molar-refractivity contribution is 0.00273. The number of likely N-dealkylation sites (tertiary alicyclic amines) is 3. The second kappa shape index (κ2) is 19.7. The van der Waals surface area contributed by atoms with E-state index in [2.05, 4.69) is 26.0 Å². The SMILES string of the molecule is C[C@H]1CC[C@H](c2cccc(O)c2)N(C(=O)OC(C)(C)C)C1.C[C@H]1CC[C@H](c2cccc(OC3CCN(C(=O)OCc4ccccc4)CC3)c2)N(C(=O)OC(C)(C)C)C1. The summed E-state index contributed by atoms with van der Waals surface area (Å²) in [7, 11) is 0.